The Labute approximate surface area is 112 Å². The lowest BCUT2D eigenvalue weighted by Crippen LogP contribution is -2.59. The van der Waals surface area contributed by atoms with Gasteiger partial charge >= 0.3 is 0 Å². The van der Waals surface area contributed by atoms with Gasteiger partial charge in [-0.1, -0.05) is 13.3 Å². The van der Waals surface area contributed by atoms with Crippen molar-refractivity contribution in [1.82, 2.24) is 4.90 Å². The van der Waals surface area contributed by atoms with Gasteiger partial charge in [-0.3, -0.25) is 4.90 Å². The van der Waals surface area contributed by atoms with Crippen molar-refractivity contribution in [1.29, 1.82) is 0 Å². The van der Waals surface area contributed by atoms with E-state index < -0.39 is 0 Å². The Bertz CT molecular complexity index is 284. The second-order valence-electron chi connectivity index (χ2n) is 6.62. The molecule has 18 heavy (non-hydrogen) atoms. The number of hydrogen-bond donors (Lipinski definition) is 1. The quantitative estimate of drug-likeness (QED) is 0.837. The van der Waals surface area contributed by atoms with Crippen LogP contribution >= 0.6 is 0 Å². The van der Waals surface area contributed by atoms with E-state index in [1.54, 1.807) is 0 Å². The summed E-state index contributed by atoms with van der Waals surface area (Å²) in [4.78, 5) is 2.65. The number of hydrogen-bond acceptors (Lipinski definition) is 3. The molecule has 1 aliphatic heterocycles. The molecule has 2 aliphatic rings. The molecule has 2 rings (SSSR count). The second-order valence-corrected chi connectivity index (χ2v) is 6.62. The summed E-state index contributed by atoms with van der Waals surface area (Å²) in [6.45, 7) is 7.62. The molecule has 3 unspecified atom stereocenters. The maximum Gasteiger partial charge on any atom is 0.0777 e. The molecule has 0 spiro atoms. The number of methoxy groups -OCH3 is 1. The van der Waals surface area contributed by atoms with Gasteiger partial charge in [0.25, 0.3) is 0 Å². The molecule has 0 aromatic rings. The van der Waals surface area contributed by atoms with E-state index in [4.69, 9.17) is 10.5 Å². The van der Waals surface area contributed by atoms with Crippen LogP contribution in [0.3, 0.4) is 0 Å². The largest absolute Gasteiger partial charge is 0.377 e. The molecule has 1 heterocycles. The highest BCUT2D eigenvalue weighted by molar-refractivity contribution is 5.02. The van der Waals surface area contributed by atoms with Crippen molar-refractivity contribution in [2.24, 2.45) is 11.7 Å². The van der Waals surface area contributed by atoms with E-state index >= 15 is 0 Å². The zero-order valence-corrected chi connectivity index (χ0v) is 12.4. The summed E-state index contributed by atoms with van der Waals surface area (Å²) in [5, 5.41) is 0. The standard InChI is InChI=1S/C15H30N2O/c1-4-13-6-8-15(10-13,11-16)17-9-5-7-14(2,12-17)18-3/h13H,4-12,16H2,1-3H3. The molecule has 0 aromatic heterocycles. The lowest BCUT2D eigenvalue weighted by Gasteiger charge is -2.48. The van der Waals surface area contributed by atoms with Gasteiger partial charge in [-0.2, -0.15) is 0 Å². The third-order valence-corrected chi connectivity index (χ3v) is 5.47. The molecule has 0 radical (unpaired) electrons. The first-order valence-corrected chi connectivity index (χ1v) is 7.58. The monoisotopic (exact) mass is 254 g/mol. The van der Waals surface area contributed by atoms with Crippen LogP contribution in [0.1, 0.15) is 52.4 Å². The molecule has 1 saturated carbocycles. The minimum absolute atomic E-state index is 0.0325. The van der Waals surface area contributed by atoms with E-state index in [0.29, 0.717) is 0 Å². The average molecular weight is 254 g/mol. The summed E-state index contributed by atoms with van der Waals surface area (Å²) < 4.78 is 5.73. The number of rotatable bonds is 4. The third kappa shape index (κ3) is 2.59. The van der Waals surface area contributed by atoms with E-state index in [-0.39, 0.29) is 11.1 Å². The van der Waals surface area contributed by atoms with Crippen LogP contribution in [0.25, 0.3) is 0 Å². The van der Waals surface area contributed by atoms with Gasteiger partial charge in [-0.05, 0) is 51.5 Å². The predicted octanol–water partition coefficient (Wildman–Crippen LogP) is 2.39. The van der Waals surface area contributed by atoms with Gasteiger partial charge in [0.2, 0.25) is 0 Å². The zero-order chi connectivity index (χ0) is 13.2. The van der Waals surface area contributed by atoms with Gasteiger partial charge in [-0.25, -0.2) is 0 Å². The fraction of sp³-hybridized carbons (Fsp3) is 1.00. The van der Waals surface area contributed by atoms with Crippen LogP contribution in [0.5, 0.6) is 0 Å². The molecule has 106 valence electrons. The molecular formula is C15H30N2O. The fourth-order valence-electron chi connectivity index (χ4n) is 3.94. The smallest absolute Gasteiger partial charge is 0.0777 e. The molecule has 2 fully saturated rings. The second kappa shape index (κ2) is 5.48. The van der Waals surface area contributed by atoms with Crippen LogP contribution in [-0.4, -0.2) is 42.8 Å². The van der Waals surface area contributed by atoms with Gasteiger partial charge in [-0.15, -0.1) is 0 Å². The summed E-state index contributed by atoms with van der Waals surface area (Å²) in [5.74, 6) is 0.879. The van der Waals surface area contributed by atoms with E-state index in [0.717, 1.165) is 19.0 Å². The van der Waals surface area contributed by atoms with Crippen molar-refractivity contribution in [2.75, 3.05) is 26.7 Å². The number of ether oxygens (including phenoxy) is 1. The Morgan fingerprint density at radius 2 is 2.17 bits per heavy atom. The van der Waals surface area contributed by atoms with Crippen LogP contribution in [0.4, 0.5) is 0 Å². The van der Waals surface area contributed by atoms with Crippen LogP contribution in [0, 0.1) is 5.92 Å². The number of piperidine rings is 1. The van der Waals surface area contributed by atoms with Gasteiger partial charge < -0.3 is 10.5 Å². The first-order chi connectivity index (χ1) is 8.57. The van der Waals surface area contributed by atoms with E-state index in [1.165, 1.54) is 45.1 Å². The van der Waals surface area contributed by atoms with Gasteiger partial charge in [0.05, 0.1) is 5.60 Å². The van der Waals surface area contributed by atoms with Gasteiger partial charge in [0, 0.05) is 25.7 Å². The number of likely N-dealkylation sites (tertiary alicyclic amines) is 1. The minimum Gasteiger partial charge on any atom is -0.377 e. The molecule has 3 nitrogen and oxygen atoms in total. The lowest BCUT2D eigenvalue weighted by atomic mass is 9.86. The van der Waals surface area contributed by atoms with Gasteiger partial charge in [0.1, 0.15) is 0 Å². The Morgan fingerprint density at radius 3 is 2.72 bits per heavy atom. The molecule has 1 aliphatic carbocycles. The van der Waals surface area contributed by atoms with Crippen molar-refractivity contribution in [3.05, 3.63) is 0 Å². The number of nitrogens with zero attached hydrogens (tertiary/aromatic N) is 1. The highest BCUT2D eigenvalue weighted by Crippen LogP contribution is 2.42. The molecule has 0 aromatic carbocycles. The summed E-state index contributed by atoms with van der Waals surface area (Å²) in [5.41, 5.74) is 6.46. The highest BCUT2D eigenvalue weighted by atomic mass is 16.5. The molecule has 2 N–H and O–H groups in total. The summed E-state index contributed by atoms with van der Waals surface area (Å²) in [6, 6.07) is 0. The molecule has 0 amide bonds. The Kier molecular flexibility index (Phi) is 4.35. The number of nitrogens with two attached hydrogens (primary N) is 1. The van der Waals surface area contributed by atoms with Crippen molar-refractivity contribution >= 4 is 0 Å². The van der Waals surface area contributed by atoms with E-state index in [1.807, 2.05) is 7.11 Å². The Hall–Kier alpha value is -0.120. The molecule has 1 saturated heterocycles. The van der Waals surface area contributed by atoms with E-state index in [2.05, 4.69) is 18.7 Å². The predicted molar refractivity (Wildman–Crippen MR) is 75.6 cm³/mol. The molecule has 3 heteroatoms. The van der Waals surface area contributed by atoms with Crippen molar-refractivity contribution in [2.45, 2.75) is 63.5 Å². The summed E-state index contributed by atoms with van der Waals surface area (Å²) in [6.07, 6.45) is 7.65. The van der Waals surface area contributed by atoms with Crippen molar-refractivity contribution in [3.8, 4) is 0 Å². The zero-order valence-electron chi connectivity index (χ0n) is 12.4. The third-order valence-electron chi connectivity index (χ3n) is 5.47. The van der Waals surface area contributed by atoms with Crippen molar-refractivity contribution in [3.63, 3.8) is 0 Å². The molecule has 0 bridgehead atoms. The minimum atomic E-state index is 0.0325. The van der Waals surface area contributed by atoms with Crippen molar-refractivity contribution < 1.29 is 4.74 Å². The SMILES string of the molecule is CCC1CCC(CN)(N2CCCC(C)(OC)C2)C1. The van der Waals surface area contributed by atoms with Gasteiger partial charge in [0.15, 0.2) is 0 Å². The lowest BCUT2D eigenvalue weighted by molar-refractivity contribution is -0.0796. The Balaban J connectivity index is 2.08. The maximum atomic E-state index is 6.16. The van der Waals surface area contributed by atoms with Crippen LogP contribution < -0.4 is 5.73 Å². The maximum absolute atomic E-state index is 6.16. The van der Waals surface area contributed by atoms with Crippen LogP contribution in [-0.2, 0) is 4.74 Å². The Morgan fingerprint density at radius 1 is 1.39 bits per heavy atom. The van der Waals surface area contributed by atoms with Crippen LogP contribution in [0.2, 0.25) is 0 Å². The van der Waals surface area contributed by atoms with Crippen LogP contribution in [0.15, 0.2) is 0 Å². The average Bonchev–Trinajstić information content (AvgIpc) is 2.84. The molecule has 3 atom stereocenters. The first-order valence-electron chi connectivity index (χ1n) is 7.58. The normalized spacial score (nSPS) is 42.3. The fourth-order valence-corrected chi connectivity index (χ4v) is 3.94. The highest BCUT2D eigenvalue weighted by Gasteiger charge is 2.45. The topological polar surface area (TPSA) is 38.5 Å². The summed E-state index contributed by atoms with van der Waals surface area (Å²) >= 11 is 0. The molecular weight excluding hydrogens is 224 g/mol. The summed E-state index contributed by atoms with van der Waals surface area (Å²) in [7, 11) is 1.85. The van der Waals surface area contributed by atoms with E-state index in [9.17, 15) is 0 Å². The first kappa shape index (κ1) is 14.3.